The molecule has 3 aromatic rings. The van der Waals surface area contributed by atoms with Crippen molar-refractivity contribution < 1.29 is 9.59 Å². The standard InChI is InChI=1S/C24H20N2O2/c1-25-21(27)23(17-11-5-3-6-12-17)19-15-9-10-16-20(19)24(25,26(2)22(23)28)18-13-7-4-8-14-18/h3-16H,1-2H3. The first-order valence-electron chi connectivity index (χ1n) is 9.35. The Hall–Kier alpha value is -3.40. The lowest BCUT2D eigenvalue weighted by atomic mass is 9.60. The van der Waals surface area contributed by atoms with Crippen LogP contribution < -0.4 is 0 Å². The number of rotatable bonds is 2. The van der Waals surface area contributed by atoms with Gasteiger partial charge in [0, 0.05) is 25.2 Å². The van der Waals surface area contributed by atoms with E-state index in [-0.39, 0.29) is 11.8 Å². The van der Waals surface area contributed by atoms with Gasteiger partial charge in [-0.05, 0) is 11.1 Å². The summed E-state index contributed by atoms with van der Waals surface area (Å²) in [7, 11) is 3.60. The second-order valence-electron chi connectivity index (χ2n) is 7.43. The minimum atomic E-state index is -1.35. The number of carbonyl (C=O) groups is 2. The summed E-state index contributed by atoms with van der Waals surface area (Å²) < 4.78 is 0. The van der Waals surface area contributed by atoms with Gasteiger partial charge in [-0.2, -0.15) is 0 Å². The van der Waals surface area contributed by atoms with Crippen LogP contribution in [0.5, 0.6) is 0 Å². The van der Waals surface area contributed by atoms with Gasteiger partial charge in [0.2, 0.25) is 11.8 Å². The van der Waals surface area contributed by atoms with Gasteiger partial charge in [0.15, 0.2) is 11.1 Å². The zero-order chi connectivity index (χ0) is 19.5. The lowest BCUT2D eigenvalue weighted by Gasteiger charge is -2.62. The molecule has 0 spiro atoms. The first-order chi connectivity index (χ1) is 13.6. The molecule has 0 atom stereocenters. The average Bonchev–Trinajstić information content (AvgIpc) is 2.75. The van der Waals surface area contributed by atoms with Gasteiger partial charge in [-0.3, -0.25) is 9.59 Å². The van der Waals surface area contributed by atoms with Crippen LogP contribution in [0.25, 0.3) is 0 Å². The van der Waals surface area contributed by atoms with Gasteiger partial charge in [-0.25, -0.2) is 0 Å². The number of hydrogen-bond donors (Lipinski definition) is 0. The second kappa shape index (κ2) is 5.55. The van der Waals surface area contributed by atoms with Crippen molar-refractivity contribution in [2.45, 2.75) is 11.1 Å². The SMILES string of the molecule is CN1C(=O)C2(c3ccccc3)C(=O)N(C)C1(c1ccccc1)c1ccccc12. The van der Waals surface area contributed by atoms with Crippen LogP contribution in [0.15, 0.2) is 84.9 Å². The van der Waals surface area contributed by atoms with E-state index in [1.165, 1.54) is 0 Å². The highest BCUT2D eigenvalue weighted by Gasteiger charge is 2.69. The number of carbonyl (C=O) groups excluding carboxylic acids is 2. The van der Waals surface area contributed by atoms with Crippen LogP contribution in [0.3, 0.4) is 0 Å². The van der Waals surface area contributed by atoms with Gasteiger partial charge in [0.05, 0.1) is 0 Å². The number of fused-ring (bicyclic) bond motifs is 2. The van der Waals surface area contributed by atoms with Crippen LogP contribution in [-0.4, -0.2) is 35.7 Å². The zero-order valence-corrected chi connectivity index (χ0v) is 15.8. The van der Waals surface area contributed by atoms with E-state index < -0.39 is 11.1 Å². The zero-order valence-electron chi connectivity index (χ0n) is 15.8. The third-order valence-corrected chi connectivity index (χ3v) is 6.31. The summed E-state index contributed by atoms with van der Waals surface area (Å²) in [4.78, 5) is 31.2. The molecule has 0 N–H and O–H groups in total. The third kappa shape index (κ3) is 1.66. The number of likely N-dealkylation sites (N-methyl/N-ethyl adjacent to an activating group) is 2. The molecule has 0 radical (unpaired) electrons. The molecule has 6 rings (SSSR count). The summed E-state index contributed by atoms with van der Waals surface area (Å²) in [5.41, 5.74) is 1.04. The lowest BCUT2D eigenvalue weighted by molar-refractivity contribution is -0.176. The van der Waals surface area contributed by atoms with Crippen molar-refractivity contribution in [1.82, 2.24) is 9.80 Å². The monoisotopic (exact) mass is 368 g/mol. The van der Waals surface area contributed by atoms with Gasteiger partial charge >= 0.3 is 0 Å². The lowest BCUT2D eigenvalue weighted by Crippen LogP contribution is -2.77. The number of hydrogen-bond acceptors (Lipinski definition) is 2. The topological polar surface area (TPSA) is 40.6 Å². The quantitative estimate of drug-likeness (QED) is 0.652. The maximum absolute atomic E-state index is 13.9. The predicted molar refractivity (Wildman–Crippen MR) is 106 cm³/mol. The molecule has 0 aliphatic carbocycles. The molecule has 0 unspecified atom stereocenters. The minimum Gasteiger partial charge on any atom is -0.313 e. The highest BCUT2D eigenvalue weighted by atomic mass is 16.2. The molecule has 1 saturated heterocycles. The molecule has 3 heterocycles. The Morgan fingerprint density at radius 2 is 1.00 bits per heavy atom. The van der Waals surface area contributed by atoms with E-state index in [1.54, 1.807) is 23.9 Å². The molecule has 2 bridgehead atoms. The fourth-order valence-corrected chi connectivity index (χ4v) is 5.12. The summed E-state index contributed by atoms with van der Waals surface area (Å²) in [5.74, 6) is -0.381. The maximum Gasteiger partial charge on any atom is 0.249 e. The molecule has 3 aromatic carbocycles. The number of amides is 2. The Morgan fingerprint density at radius 1 is 0.571 bits per heavy atom. The van der Waals surface area contributed by atoms with Crippen molar-refractivity contribution in [3.63, 3.8) is 0 Å². The van der Waals surface area contributed by atoms with E-state index in [9.17, 15) is 9.59 Å². The van der Waals surface area contributed by atoms with E-state index >= 15 is 0 Å². The Bertz CT molecular complexity index is 1070. The predicted octanol–water partition coefficient (Wildman–Crippen LogP) is 3.12. The molecule has 0 aromatic heterocycles. The van der Waals surface area contributed by atoms with Crippen LogP contribution in [0.4, 0.5) is 0 Å². The van der Waals surface area contributed by atoms with Gasteiger partial charge < -0.3 is 9.80 Å². The Morgan fingerprint density at radius 3 is 1.54 bits per heavy atom. The molecule has 2 amide bonds. The van der Waals surface area contributed by atoms with Crippen LogP contribution in [0.2, 0.25) is 0 Å². The molecule has 1 fully saturated rings. The summed E-state index contributed by atoms with van der Waals surface area (Å²) in [5, 5.41) is 0. The normalized spacial score (nSPS) is 25.8. The molecular weight excluding hydrogens is 348 g/mol. The van der Waals surface area contributed by atoms with Crippen molar-refractivity contribution in [2.75, 3.05) is 14.1 Å². The van der Waals surface area contributed by atoms with E-state index in [1.807, 2.05) is 84.9 Å². The Balaban J connectivity index is 1.95. The largest absolute Gasteiger partial charge is 0.313 e. The first-order valence-corrected chi connectivity index (χ1v) is 9.35. The molecule has 3 aliphatic heterocycles. The summed E-state index contributed by atoms with van der Waals surface area (Å²) in [6.07, 6.45) is 0. The van der Waals surface area contributed by atoms with Crippen molar-refractivity contribution in [2.24, 2.45) is 0 Å². The van der Waals surface area contributed by atoms with Crippen LogP contribution in [0.1, 0.15) is 22.3 Å². The summed E-state index contributed by atoms with van der Waals surface area (Å²) in [6, 6.07) is 27.0. The molecule has 28 heavy (non-hydrogen) atoms. The molecule has 4 nitrogen and oxygen atoms in total. The van der Waals surface area contributed by atoms with Gasteiger partial charge in [-0.1, -0.05) is 84.9 Å². The fraction of sp³-hybridized carbons (Fsp3) is 0.167. The first kappa shape index (κ1) is 16.8. The van der Waals surface area contributed by atoms with Gasteiger partial charge in [0.25, 0.3) is 0 Å². The van der Waals surface area contributed by atoms with Crippen LogP contribution in [-0.2, 0) is 20.7 Å². The Kier molecular flexibility index (Phi) is 3.32. The minimum absolute atomic E-state index is 0.190. The van der Waals surface area contributed by atoms with Gasteiger partial charge in [0.1, 0.15) is 0 Å². The molecule has 3 aliphatic rings. The second-order valence-corrected chi connectivity index (χ2v) is 7.43. The highest BCUT2D eigenvalue weighted by Crippen LogP contribution is 2.56. The summed E-state index contributed by atoms with van der Waals surface area (Å²) >= 11 is 0. The third-order valence-electron chi connectivity index (χ3n) is 6.31. The fourth-order valence-electron chi connectivity index (χ4n) is 5.12. The highest BCUT2D eigenvalue weighted by molar-refractivity contribution is 6.18. The van der Waals surface area contributed by atoms with E-state index in [4.69, 9.17) is 0 Å². The van der Waals surface area contributed by atoms with Crippen molar-refractivity contribution >= 4 is 11.8 Å². The van der Waals surface area contributed by atoms with Gasteiger partial charge in [-0.15, -0.1) is 0 Å². The van der Waals surface area contributed by atoms with E-state index in [0.717, 1.165) is 16.7 Å². The van der Waals surface area contributed by atoms with Crippen molar-refractivity contribution in [3.05, 3.63) is 107 Å². The molecule has 0 saturated carbocycles. The van der Waals surface area contributed by atoms with Crippen LogP contribution >= 0.6 is 0 Å². The van der Waals surface area contributed by atoms with Crippen LogP contribution in [0, 0.1) is 0 Å². The van der Waals surface area contributed by atoms with Crippen molar-refractivity contribution in [3.8, 4) is 0 Å². The number of nitrogens with zero attached hydrogens (tertiary/aromatic N) is 2. The Labute approximate surface area is 164 Å². The maximum atomic E-state index is 13.9. The molecule has 138 valence electrons. The van der Waals surface area contributed by atoms with E-state index in [0.29, 0.717) is 5.56 Å². The average molecular weight is 368 g/mol. The van der Waals surface area contributed by atoms with E-state index in [2.05, 4.69) is 0 Å². The number of benzene rings is 3. The van der Waals surface area contributed by atoms with Crippen molar-refractivity contribution in [1.29, 1.82) is 0 Å². The molecular formula is C24H20N2O2. The molecule has 4 heteroatoms. The summed E-state index contributed by atoms with van der Waals surface area (Å²) in [6.45, 7) is 0. The smallest absolute Gasteiger partial charge is 0.249 e.